The third kappa shape index (κ3) is 4.73. The van der Waals surface area contributed by atoms with Crippen molar-refractivity contribution in [2.24, 2.45) is 0 Å². The van der Waals surface area contributed by atoms with Crippen LogP contribution in [-0.4, -0.2) is 46.9 Å². The Morgan fingerprint density at radius 3 is 2.82 bits per heavy atom. The lowest BCUT2D eigenvalue weighted by Gasteiger charge is -2.29. The van der Waals surface area contributed by atoms with Crippen molar-refractivity contribution in [3.05, 3.63) is 29.3 Å². The van der Waals surface area contributed by atoms with Gasteiger partial charge in [0.15, 0.2) is 0 Å². The van der Waals surface area contributed by atoms with Crippen LogP contribution < -0.4 is 10.6 Å². The number of nitrogens with one attached hydrogen (secondary N) is 2. The molecular weight excluding hydrogens is 378 g/mol. The van der Waals surface area contributed by atoms with E-state index in [1.165, 1.54) is 6.92 Å². The number of fused-ring (bicyclic) bond motifs is 1. The predicted octanol–water partition coefficient (Wildman–Crippen LogP) is 1.85. The van der Waals surface area contributed by atoms with E-state index in [2.05, 4.69) is 10.6 Å². The molecule has 7 nitrogen and oxygen atoms in total. The van der Waals surface area contributed by atoms with Gasteiger partial charge in [-0.1, -0.05) is 12.5 Å². The second-order valence-electron chi connectivity index (χ2n) is 7.07. The van der Waals surface area contributed by atoms with Gasteiger partial charge in [0.05, 0.1) is 0 Å². The standard InChI is InChI=1S/C20H25N3O4S/c1-13(24)21-10-3-2-4-11-28-17-7-5-6-14-15(17)12-23(20(14)27)16-8-9-18(25)22-19(16)26/h5-7,16H,2-4,8-12H2,1H3,(H,21,24)(H,22,25,26). The lowest BCUT2D eigenvalue weighted by molar-refractivity contribution is -0.137. The van der Waals surface area contributed by atoms with Crippen LogP contribution in [-0.2, 0) is 20.9 Å². The number of hydrogen-bond donors (Lipinski definition) is 2. The van der Waals surface area contributed by atoms with E-state index in [0.717, 1.165) is 35.5 Å². The molecule has 3 rings (SSSR count). The zero-order chi connectivity index (χ0) is 20.1. The third-order valence-electron chi connectivity index (χ3n) is 4.99. The Labute approximate surface area is 168 Å². The van der Waals surface area contributed by atoms with Crippen molar-refractivity contribution in [2.75, 3.05) is 12.3 Å². The summed E-state index contributed by atoms with van der Waals surface area (Å²) in [5.74, 6) is 0.135. The predicted molar refractivity (Wildman–Crippen MR) is 106 cm³/mol. The van der Waals surface area contributed by atoms with Crippen LogP contribution in [0.4, 0.5) is 0 Å². The number of imide groups is 1. The van der Waals surface area contributed by atoms with Crippen molar-refractivity contribution in [1.29, 1.82) is 0 Å². The summed E-state index contributed by atoms with van der Waals surface area (Å²) in [6.07, 6.45) is 3.65. The van der Waals surface area contributed by atoms with Gasteiger partial charge in [-0.15, -0.1) is 11.8 Å². The molecule has 1 atom stereocenters. The van der Waals surface area contributed by atoms with Gasteiger partial charge in [-0.2, -0.15) is 0 Å². The molecule has 2 heterocycles. The molecule has 1 unspecified atom stereocenters. The van der Waals surface area contributed by atoms with E-state index in [1.807, 2.05) is 12.1 Å². The van der Waals surface area contributed by atoms with E-state index >= 15 is 0 Å². The van der Waals surface area contributed by atoms with E-state index in [4.69, 9.17) is 0 Å². The van der Waals surface area contributed by atoms with Crippen LogP contribution in [0.15, 0.2) is 23.1 Å². The third-order valence-corrected chi connectivity index (χ3v) is 6.18. The lowest BCUT2D eigenvalue weighted by atomic mass is 10.0. The normalized spacial score (nSPS) is 18.8. The molecule has 1 fully saturated rings. The van der Waals surface area contributed by atoms with Crippen LogP contribution in [0.25, 0.3) is 0 Å². The van der Waals surface area contributed by atoms with E-state index in [0.29, 0.717) is 25.1 Å². The molecule has 0 aliphatic carbocycles. The first kappa shape index (κ1) is 20.4. The quantitative estimate of drug-likeness (QED) is 0.392. The first-order valence-corrected chi connectivity index (χ1v) is 10.6. The zero-order valence-electron chi connectivity index (χ0n) is 16.0. The fourth-order valence-electron chi connectivity index (χ4n) is 3.54. The van der Waals surface area contributed by atoms with Crippen LogP contribution >= 0.6 is 11.8 Å². The number of carbonyl (C=O) groups is 4. The summed E-state index contributed by atoms with van der Waals surface area (Å²) in [4.78, 5) is 49.8. The van der Waals surface area contributed by atoms with Crippen LogP contribution in [0.5, 0.6) is 0 Å². The number of hydrogen-bond acceptors (Lipinski definition) is 5. The molecule has 2 aliphatic heterocycles. The molecule has 150 valence electrons. The van der Waals surface area contributed by atoms with Gasteiger partial charge in [-0.05, 0) is 42.7 Å². The Kier molecular flexibility index (Phi) is 6.72. The van der Waals surface area contributed by atoms with Gasteiger partial charge >= 0.3 is 0 Å². The number of unbranched alkanes of at least 4 members (excludes halogenated alkanes) is 2. The maximum atomic E-state index is 12.8. The van der Waals surface area contributed by atoms with E-state index in [9.17, 15) is 19.2 Å². The average molecular weight is 404 g/mol. The van der Waals surface area contributed by atoms with Crippen molar-refractivity contribution in [3.63, 3.8) is 0 Å². The van der Waals surface area contributed by atoms with Crippen LogP contribution in [0.2, 0.25) is 0 Å². The number of rotatable bonds is 8. The molecule has 1 aromatic carbocycles. The minimum atomic E-state index is -0.579. The Morgan fingerprint density at radius 1 is 1.25 bits per heavy atom. The van der Waals surface area contributed by atoms with Gasteiger partial charge in [0.25, 0.3) is 5.91 Å². The van der Waals surface area contributed by atoms with Gasteiger partial charge in [0.2, 0.25) is 17.7 Å². The van der Waals surface area contributed by atoms with Gasteiger partial charge < -0.3 is 10.2 Å². The van der Waals surface area contributed by atoms with Crippen molar-refractivity contribution < 1.29 is 19.2 Å². The Balaban J connectivity index is 1.56. The van der Waals surface area contributed by atoms with Gasteiger partial charge in [0.1, 0.15) is 6.04 Å². The lowest BCUT2D eigenvalue weighted by Crippen LogP contribution is -2.52. The highest BCUT2D eigenvalue weighted by atomic mass is 32.2. The maximum Gasteiger partial charge on any atom is 0.255 e. The summed E-state index contributed by atoms with van der Waals surface area (Å²) in [5, 5.41) is 5.12. The highest BCUT2D eigenvalue weighted by molar-refractivity contribution is 7.99. The zero-order valence-corrected chi connectivity index (χ0v) is 16.8. The summed E-state index contributed by atoms with van der Waals surface area (Å²) in [5.41, 5.74) is 1.63. The fourth-order valence-corrected chi connectivity index (χ4v) is 4.63. The number of carbonyl (C=O) groups excluding carboxylic acids is 4. The first-order chi connectivity index (χ1) is 13.5. The Bertz CT molecular complexity index is 796. The smallest absolute Gasteiger partial charge is 0.255 e. The maximum absolute atomic E-state index is 12.8. The van der Waals surface area contributed by atoms with Crippen molar-refractivity contribution >= 4 is 35.4 Å². The fraction of sp³-hybridized carbons (Fsp3) is 0.500. The number of piperidine rings is 1. The number of nitrogens with zero attached hydrogens (tertiary/aromatic N) is 1. The van der Waals surface area contributed by atoms with Crippen LogP contribution in [0.3, 0.4) is 0 Å². The topological polar surface area (TPSA) is 95.6 Å². The summed E-state index contributed by atoms with van der Waals surface area (Å²) in [6, 6.07) is 5.12. The summed E-state index contributed by atoms with van der Waals surface area (Å²) in [6.45, 7) is 2.63. The number of benzene rings is 1. The van der Waals surface area contributed by atoms with Crippen molar-refractivity contribution in [2.45, 2.75) is 56.5 Å². The second-order valence-corrected chi connectivity index (χ2v) is 8.21. The molecule has 0 aromatic heterocycles. The summed E-state index contributed by atoms with van der Waals surface area (Å²) >= 11 is 1.72. The molecule has 0 radical (unpaired) electrons. The molecule has 4 amide bonds. The second kappa shape index (κ2) is 9.23. The molecule has 1 saturated heterocycles. The molecule has 0 bridgehead atoms. The monoisotopic (exact) mass is 403 g/mol. The molecule has 1 aromatic rings. The minimum Gasteiger partial charge on any atom is -0.356 e. The van der Waals surface area contributed by atoms with Crippen LogP contribution in [0.1, 0.15) is 54.9 Å². The molecule has 28 heavy (non-hydrogen) atoms. The van der Waals surface area contributed by atoms with E-state index in [1.54, 1.807) is 22.7 Å². The largest absolute Gasteiger partial charge is 0.356 e. The molecule has 8 heteroatoms. The number of thioether (sulfide) groups is 1. The van der Waals surface area contributed by atoms with Gasteiger partial charge in [-0.3, -0.25) is 24.5 Å². The average Bonchev–Trinajstić information content (AvgIpc) is 2.98. The Morgan fingerprint density at radius 2 is 2.07 bits per heavy atom. The molecule has 2 N–H and O–H groups in total. The van der Waals surface area contributed by atoms with Gasteiger partial charge in [0, 0.05) is 36.9 Å². The highest BCUT2D eigenvalue weighted by Crippen LogP contribution is 2.34. The summed E-state index contributed by atoms with van der Waals surface area (Å²) < 4.78 is 0. The molecular formula is C20H25N3O4S. The van der Waals surface area contributed by atoms with E-state index < -0.39 is 6.04 Å². The summed E-state index contributed by atoms with van der Waals surface area (Å²) in [7, 11) is 0. The number of amides is 4. The van der Waals surface area contributed by atoms with Crippen LogP contribution in [0, 0.1) is 0 Å². The van der Waals surface area contributed by atoms with E-state index in [-0.39, 0.29) is 30.0 Å². The highest BCUT2D eigenvalue weighted by Gasteiger charge is 2.39. The van der Waals surface area contributed by atoms with Crippen molar-refractivity contribution in [3.8, 4) is 0 Å². The SMILES string of the molecule is CC(=O)NCCCCCSc1cccc2c1CN(C1CCC(=O)NC1=O)C2=O. The van der Waals surface area contributed by atoms with Gasteiger partial charge in [-0.25, -0.2) is 0 Å². The molecule has 0 saturated carbocycles. The first-order valence-electron chi connectivity index (χ1n) is 9.61. The van der Waals surface area contributed by atoms with Crippen molar-refractivity contribution in [1.82, 2.24) is 15.5 Å². The Hall–Kier alpha value is -2.35. The molecule has 2 aliphatic rings. The minimum absolute atomic E-state index is 0.000502. The molecule has 0 spiro atoms.